The normalized spacial score (nSPS) is 11.8. The summed E-state index contributed by atoms with van der Waals surface area (Å²) in [6.07, 6.45) is 3.05. The van der Waals surface area contributed by atoms with E-state index >= 15 is 0 Å². The van der Waals surface area contributed by atoms with Gasteiger partial charge in [0.25, 0.3) is 0 Å². The van der Waals surface area contributed by atoms with Gasteiger partial charge in [0.1, 0.15) is 0 Å². The van der Waals surface area contributed by atoms with Gasteiger partial charge in [-0.3, -0.25) is 0 Å². The minimum absolute atomic E-state index is 0.0571. The van der Waals surface area contributed by atoms with Crippen LogP contribution in [0.1, 0.15) is 31.9 Å². The first-order chi connectivity index (χ1) is 7.84. The second-order valence-electron chi connectivity index (χ2n) is 4.95. The van der Waals surface area contributed by atoms with Gasteiger partial charge in [-0.25, -0.2) is 4.79 Å². The molecule has 0 aromatic heterocycles. The Morgan fingerprint density at radius 1 is 1.35 bits per heavy atom. The van der Waals surface area contributed by atoms with Crippen molar-refractivity contribution in [2.24, 2.45) is 0 Å². The second-order valence-corrected chi connectivity index (χ2v) is 4.95. The van der Waals surface area contributed by atoms with Gasteiger partial charge in [-0.15, -0.1) is 0 Å². The number of nitrogens with two attached hydrogens (primary N) is 1. The second kappa shape index (κ2) is 5.04. The summed E-state index contributed by atoms with van der Waals surface area (Å²) in [7, 11) is 1.35. The Balaban J connectivity index is 3.07. The molecule has 0 heterocycles. The minimum atomic E-state index is -0.384. The zero-order valence-corrected chi connectivity index (χ0v) is 10.8. The molecule has 3 nitrogen and oxygen atoms in total. The lowest BCUT2D eigenvalue weighted by Crippen LogP contribution is -2.11. The van der Waals surface area contributed by atoms with Crippen molar-refractivity contribution in [1.29, 1.82) is 0 Å². The van der Waals surface area contributed by atoms with Crippen LogP contribution in [-0.4, -0.2) is 13.1 Å². The van der Waals surface area contributed by atoms with Crippen LogP contribution in [0, 0.1) is 0 Å². The van der Waals surface area contributed by atoms with Crippen LogP contribution in [0.2, 0.25) is 0 Å². The van der Waals surface area contributed by atoms with E-state index in [4.69, 9.17) is 5.73 Å². The Kier molecular flexibility index (Phi) is 3.94. The molecule has 1 aromatic carbocycles. The van der Waals surface area contributed by atoms with Crippen LogP contribution < -0.4 is 5.73 Å². The Hall–Kier alpha value is -1.77. The van der Waals surface area contributed by atoms with Gasteiger partial charge >= 0.3 is 5.97 Å². The van der Waals surface area contributed by atoms with E-state index in [1.165, 1.54) is 18.7 Å². The molecule has 1 rings (SSSR count). The zero-order valence-electron chi connectivity index (χ0n) is 10.8. The van der Waals surface area contributed by atoms with Gasteiger partial charge in [-0.2, -0.15) is 0 Å². The van der Waals surface area contributed by atoms with Gasteiger partial charge < -0.3 is 10.5 Å². The summed E-state index contributed by atoms with van der Waals surface area (Å²) >= 11 is 0. The van der Waals surface area contributed by atoms with Crippen molar-refractivity contribution in [3.8, 4) is 0 Å². The first kappa shape index (κ1) is 13.3. The number of methoxy groups -OCH3 is 1. The van der Waals surface area contributed by atoms with Crippen molar-refractivity contribution in [3.63, 3.8) is 0 Å². The van der Waals surface area contributed by atoms with Gasteiger partial charge in [0.05, 0.1) is 7.11 Å². The molecule has 92 valence electrons. The van der Waals surface area contributed by atoms with E-state index in [1.54, 1.807) is 6.08 Å². The molecule has 1 aromatic rings. The van der Waals surface area contributed by atoms with Crippen LogP contribution in [0.25, 0.3) is 6.08 Å². The van der Waals surface area contributed by atoms with E-state index in [9.17, 15) is 4.79 Å². The van der Waals surface area contributed by atoms with Crippen LogP contribution in [0.3, 0.4) is 0 Å². The van der Waals surface area contributed by atoms with Crippen LogP contribution in [0.5, 0.6) is 0 Å². The lowest BCUT2D eigenvalue weighted by atomic mass is 9.86. The van der Waals surface area contributed by atoms with Crippen LogP contribution in [0.4, 0.5) is 5.69 Å². The minimum Gasteiger partial charge on any atom is -0.466 e. The van der Waals surface area contributed by atoms with E-state index in [2.05, 4.69) is 25.5 Å². The summed E-state index contributed by atoms with van der Waals surface area (Å²) in [5.41, 5.74) is 8.58. The van der Waals surface area contributed by atoms with Crippen molar-refractivity contribution >= 4 is 17.7 Å². The van der Waals surface area contributed by atoms with E-state index in [0.29, 0.717) is 5.69 Å². The van der Waals surface area contributed by atoms with Crippen molar-refractivity contribution in [2.45, 2.75) is 26.2 Å². The SMILES string of the molecule is COC(=O)/C=C/c1cc(C(C)(C)C)ccc1N. The topological polar surface area (TPSA) is 52.3 Å². The number of carbonyl (C=O) groups is 1. The predicted molar refractivity (Wildman–Crippen MR) is 70.6 cm³/mol. The molecular formula is C14H19NO2. The van der Waals surface area contributed by atoms with Gasteiger partial charge in [-0.05, 0) is 34.8 Å². The Bertz CT molecular complexity index is 442. The average Bonchev–Trinajstić information content (AvgIpc) is 2.26. The summed E-state index contributed by atoms with van der Waals surface area (Å²) in [5, 5.41) is 0. The van der Waals surface area contributed by atoms with Gasteiger partial charge in [0.15, 0.2) is 0 Å². The fraction of sp³-hybridized carbons (Fsp3) is 0.357. The summed E-state index contributed by atoms with van der Waals surface area (Å²) in [6, 6.07) is 5.86. The highest BCUT2D eigenvalue weighted by atomic mass is 16.5. The number of hydrogen-bond acceptors (Lipinski definition) is 3. The standard InChI is InChI=1S/C14H19NO2/c1-14(2,3)11-6-7-12(15)10(9-11)5-8-13(16)17-4/h5-9H,15H2,1-4H3/b8-5+. The Morgan fingerprint density at radius 2 is 2.00 bits per heavy atom. The molecule has 0 bridgehead atoms. The third-order valence-corrected chi connectivity index (χ3v) is 2.55. The fourth-order valence-electron chi connectivity index (χ4n) is 1.41. The molecule has 2 N–H and O–H groups in total. The fourth-order valence-corrected chi connectivity index (χ4v) is 1.41. The molecule has 0 atom stereocenters. The molecule has 3 heteroatoms. The molecule has 0 aliphatic carbocycles. The summed E-state index contributed by atoms with van der Waals surface area (Å²) in [5.74, 6) is -0.384. The highest BCUT2D eigenvalue weighted by molar-refractivity contribution is 5.88. The summed E-state index contributed by atoms with van der Waals surface area (Å²) < 4.78 is 4.54. The number of nitrogen functional groups attached to an aromatic ring is 1. The molecule has 0 aliphatic heterocycles. The van der Waals surface area contributed by atoms with Crippen LogP contribution in [-0.2, 0) is 14.9 Å². The molecular weight excluding hydrogens is 214 g/mol. The van der Waals surface area contributed by atoms with Crippen LogP contribution >= 0.6 is 0 Å². The summed E-state index contributed by atoms with van der Waals surface area (Å²) in [4.78, 5) is 11.0. The maximum absolute atomic E-state index is 11.0. The lowest BCUT2D eigenvalue weighted by molar-refractivity contribution is -0.134. The molecule has 17 heavy (non-hydrogen) atoms. The molecule has 0 radical (unpaired) electrons. The number of hydrogen-bond donors (Lipinski definition) is 1. The monoisotopic (exact) mass is 233 g/mol. The highest BCUT2D eigenvalue weighted by Crippen LogP contribution is 2.26. The number of benzene rings is 1. The Morgan fingerprint density at radius 3 is 2.53 bits per heavy atom. The quantitative estimate of drug-likeness (QED) is 0.485. The van der Waals surface area contributed by atoms with Gasteiger partial charge in [0, 0.05) is 11.8 Å². The maximum Gasteiger partial charge on any atom is 0.330 e. The zero-order chi connectivity index (χ0) is 13.1. The Labute approximate surface area is 102 Å². The number of ether oxygens (including phenoxy) is 1. The van der Waals surface area contributed by atoms with E-state index in [1.807, 2.05) is 18.2 Å². The molecule has 0 aliphatic rings. The van der Waals surface area contributed by atoms with Crippen molar-refractivity contribution in [3.05, 3.63) is 35.4 Å². The summed E-state index contributed by atoms with van der Waals surface area (Å²) in [6.45, 7) is 6.39. The van der Waals surface area contributed by atoms with Crippen molar-refractivity contribution in [2.75, 3.05) is 12.8 Å². The largest absolute Gasteiger partial charge is 0.466 e. The lowest BCUT2D eigenvalue weighted by Gasteiger charge is -2.20. The maximum atomic E-state index is 11.0. The molecule has 0 spiro atoms. The molecule has 0 saturated carbocycles. The van der Waals surface area contributed by atoms with E-state index in [-0.39, 0.29) is 11.4 Å². The highest BCUT2D eigenvalue weighted by Gasteiger charge is 2.14. The smallest absolute Gasteiger partial charge is 0.330 e. The third kappa shape index (κ3) is 3.63. The number of anilines is 1. The van der Waals surface area contributed by atoms with Gasteiger partial charge in [-0.1, -0.05) is 26.8 Å². The van der Waals surface area contributed by atoms with Gasteiger partial charge in [0.2, 0.25) is 0 Å². The van der Waals surface area contributed by atoms with Crippen molar-refractivity contribution < 1.29 is 9.53 Å². The molecule has 0 fully saturated rings. The van der Waals surface area contributed by atoms with E-state index in [0.717, 1.165) is 5.56 Å². The molecule has 0 saturated heterocycles. The van der Waals surface area contributed by atoms with E-state index < -0.39 is 0 Å². The third-order valence-electron chi connectivity index (χ3n) is 2.55. The average molecular weight is 233 g/mol. The number of esters is 1. The van der Waals surface area contributed by atoms with Crippen molar-refractivity contribution in [1.82, 2.24) is 0 Å². The molecule has 0 amide bonds. The number of rotatable bonds is 2. The van der Waals surface area contributed by atoms with Crippen LogP contribution in [0.15, 0.2) is 24.3 Å². The predicted octanol–water partition coefficient (Wildman–Crippen LogP) is 2.75. The number of carbonyl (C=O) groups excluding carboxylic acids is 1. The first-order valence-electron chi connectivity index (χ1n) is 5.50. The molecule has 0 unspecified atom stereocenters. The first-order valence-corrected chi connectivity index (χ1v) is 5.50.